The van der Waals surface area contributed by atoms with Crippen LogP contribution in [0.2, 0.25) is 0 Å². The highest BCUT2D eigenvalue weighted by molar-refractivity contribution is 4.89. The minimum Gasteiger partial charge on any atom is -0.392 e. The fraction of sp³-hybridized carbons (Fsp3) is 0.972. The standard InChI is InChI=1S/C71H145N5O5/c1-7-12-17-22-26-30-34-39-46-67(77)61-74(58-60-76(64-70(80)49-42-37-33-29-25-20-15-10-4)65-71(81)50-43-45-66(6)44-38-21-16-11-5)57-55-72-51-53-73(54-52-72)56-59-75(62-68(78)47-40-35-31-27-23-18-13-8-2)63-69(79)48-41-36-32-28-24-19-14-9-3/h56,59,66-71,77-81H,7-55,57-58,60-65H2,1-6H3/b59-56+. The summed E-state index contributed by atoms with van der Waals surface area (Å²) in [5.74, 6) is 0.701. The lowest BCUT2D eigenvalue weighted by molar-refractivity contribution is 0.0452. The van der Waals surface area contributed by atoms with E-state index in [2.05, 4.69) is 78.4 Å². The van der Waals surface area contributed by atoms with Crippen LogP contribution in [0, 0.1) is 5.92 Å². The highest BCUT2D eigenvalue weighted by atomic mass is 16.3. The molecule has 0 bridgehead atoms. The van der Waals surface area contributed by atoms with E-state index >= 15 is 0 Å². The van der Waals surface area contributed by atoms with Crippen LogP contribution in [-0.2, 0) is 0 Å². The molecule has 10 nitrogen and oxygen atoms in total. The van der Waals surface area contributed by atoms with Gasteiger partial charge in [0, 0.05) is 97.5 Å². The molecule has 1 aliphatic heterocycles. The van der Waals surface area contributed by atoms with Gasteiger partial charge in [0.2, 0.25) is 0 Å². The van der Waals surface area contributed by atoms with Gasteiger partial charge in [0.1, 0.15) is 0 Å². The third kappa shape index (κ3) is 50.8. The van der Waals surface area contributed by atoms with Crippen LogP contribution in [0.4, 0.5) is 0 Å². The third-order valence-corrected chi connectivity index (χ3v) is 18.0. The number of aliphatic hydroxyl groups excluding tert-OH is 5. The molecular weight excluding hydrogens is 1000 g/mol. The zero-order valence-electron chi connectivity index (χ0n) is 55.4. The Kier molecular flexibility index (Phi) is 55.9. The average molecular weight is 1150 g/mol. The van der Waals surface area contributed by atoms with E-state index in [0.717, 1.165) is 117 Å². The largest absolute Gasteiger partial charge is 0.392 e. The van der Waals surface area contributed by atoms with Crippen LogP contribution in [0.5, 0.6) is 0 Å². The normalized spacial score (nSPS) is 15.8. The van der Waals surface area contributed by atoms with E-state index in [1.54, 1.807) is 0 Å². The first kappa shape index (κ1) is 78.0. The van der Waals surface area contributed by atoms with Crippen molar-refractivity contribution in [2.24, 2.45) is 5.92 Å². The van der Waals surface area contributed by atoms with Gasteiger partial charge in [-0.15, -0.1) is 0 Å². The van der Waals surface area contributed by atoms with Gasteiger partial charge >= 0.3 is 0 Å². The van der Waals surface area contributed by atoms with Gasteiger partial charge in [-0.3, -0.25) is 14.7 Å². The van der Waals surface area contributed by atoms with Crippen molar-refractivity contribution in [2.45, 2.75) is 355 Å². The summed E-state index contributed by atoms with van der Waals surface area (Å²) in [6, 6.07) is 0. The highest BCUT2D eigenvalue weighted by Crippen LogP contribution is 2.20. The zero-order chi connectivity index (χ0) is 59.1. The van der Waals surface area contributed by atoms with Gasteiger partial charge in [0.15, 0.2) is 0 Å². The first-order chi connectivity index (χ1) is 39.5. The molecule has 0 amide bonds. The summed E-state index contributed by atoms with van der Waals surface area (Å²) in [7, 11) is 0. The van der Waals surface area contributed by atoms with Crippen molar-refractivity contribution in [1.29, 1.82) is 0 Å². The lowest BCUT2D eigenvalue weighted by Crippen LogP contribution is -2.49. The Morgan fingerprint density at radius 1 is 0.321 bits per heavy atom. The van der Waals surface area contributed by atoms with Gasteiger partial charge in [-0.1, -0.05) is 292 Å². The van der Waals surface area contributed by atoms with Crippen molar-refractivity contribution >= 4 is 0 Å². The summed E-state index contributed by atoms with van der Waals surface area (Å²) < 4.78 is 0. The Balaban J connectivity index is 3.02. The van der Waals surface area contributed by atoms with E-state index in [1.165, 1.54) is 218 Å². The maximum Gasteiger partial charge on any atom is 0.0714 e. The molecule has 0 spiro atoms. The van der Waals surface area contributed by atoms with E-state index in [4.69, 9.17) is 0 Å². The molecule has 1 rings (SSSR count). The van der Waals surface area contributed by atoms with Crippen molar-refractivity contribution in [2.75, 3.05) is 85.1 Å². The Morgan fingerprint density at radius 3 is 0.988 bits per heavy atom. The van der Waals surface area contributed by atoms with Crippen LogP contribution >= 0.6 is 0 Å². The van der Waals surface area contributed by atoms with Crippen LogP contribution < -0.4 is 0 Å². The molecular formula is C71H145N5O5. The maximum absolute atomic E-state index is 11.6. The SMILES string of the molecule is CCCCCCCCCCC(O)CN(/C=C/N1CCN(CCN(CCN(CC(O)CCCCCCCCCC)CC(O)CCCC(C)CCCCCC)CC(O)CCCCCCCCCC)CC1)CC(O)CCCCCCCCCC. The van der Waals surface area contributed by atoms with Crippen LogP contribution in [-0.4, -0.2) is 166 Å². The number of nitrogens with zero attached hydrogens (tertiary/aromatic N) is 5. The van der Waals surface area contributed by atoms with Crippen molar-refractivity contribution in [3.8, 4) is 0 Å². The lowest BCUT2D eigenvalue weighted by Gasteiger charge is -2.36. The number of hydrogen-bond donors (Lipinski definition) is 5. The quantitative estimate of drug-likeness (QED) is 0.0377. The molecule has 0 aliphatic carbocycles. The molecule has 1 heterocycles. The zero-order valence-corrected chi connectivity index (χ0v) is 55.4. The lowest BCUT2D eigenvalue weighted by atomic mass is 9.96. The number of hydrogen-bond acceptors (Lipinski definition) is 10. The number of unbranched alkanes of at least 4 members (excludes halogenated alkanes) is 31. The Hall–Kier alpha value is -0.980. The summed E-state index contributed by atoms with van der Waals surface area (Å²) in [5.41, 5.74) is 0. The Labute approximate surface area is 505 Å². The van der Waals surface area contributed by atoms with E-state index in [9.17, 15) is 25.5 Å². The molecule has 0 aromatic rings. The van der Waals surface area contributed by atoms with Gasteiger partial charge in [-0.25, -0.2) is 0 Å². The fourth-order valence-corrected chi connectivity index (χ4v) is 12.4. The second-order valence-corrected chi connectivity index (χ2v) is 26.4. The van der Waals surface area contributed by atoms with E-state index in [-0.39, 0.29) is 6.10 Å². The number of rotatable bonds is 63. The molecule has 10 heteroatoms. The van der Waals surface area contributed by atoms with Crippen LogP contribution in [0.15, 0.2) is 12.4 Å². The van der Waals surface area contributed by atoms with Gasteiger partial charge < -0.3 is 35.3 Å². The van der Waals surface area contributed by atoms with Crippen LogP contribution in [0.1, 0.15) is 324 Å². The monoisotopic (exact) mass is 1150 g/mol. The third-order valence-electron chi connectivity index (χ3n) is 18.0. The topological polar surface area (TPSA) is 117 Å². The summed E-state index contributed by atoms with van der Waals surface area (Å²) in [6.07, 6.45) is 55.8. The molecule has 0 saturated carbocycles. The van der Waals surface area contributed by atoms with E-state index < -0.39 is 24.4 Å². The van der Waals surface area contributed by atoms with E-state index in [1.807, 2.05) is 0 Å². The second-order valence-electron chi connectivity index (χ2n) is 26.4. The molecule has 0 aromatic heterocycles. The van der Waals surface area contributed by atoms with Crippen LogP contribution in [0.25, 0.3) is 0 Å². The number of piperazine rings is 1. The van der Waals surface area contributed by atoms with Crippen molar-refractivity contribution < 1.29 is 25.5 Å². The second kappa shape index (κ2) is 58.1. The minimum absolute atomic E-state index is 0.358. The molecule has 1 fully saturated rings. The molecule has 81 heavy (non-hydrogen) atoms. The predicted molar refractivity (Wildman–Crippen MR) is 352 cm³/mol. The molecule has 5 N–H and O–H groups in total. The van der Waals surface area contributed by atoms with Crippen LogP contribution in [0.3, 0.4) is 0 Å². The van der Waals surface area contributed by atoms with Gasteiger partial charge in [0.05, 0.1) is 30.5 Å². The molecule has 6 atom stereocenters. The van der Waals surface area contributed by atoms with Gasteiger partial charge in [-0.05, 0) is 38.0 Å². The fourth-order valence-electron chi connectivity index (χ4n) is 12.4. The average Bonchev–Trinajstić information content (AvgIpc) is 3.45. The Morgan fingerprint density at radius 2 is 0.605 bits per heavy atom. The summed E-state index contributed by atoms with van der Waals surface area (Å²) in [6.45, 7) is 24.0. The molecule has 1 aliphatic rings. The first-order valence-corrected chi connectivity index (χ1v) is 36.3. The number of aliphatic hydroxyl groups is 5. The summed E-state index contributed by atoms with van der Waals surface area (Å²) in [5, 5.41) is 57.0. The highest BCUT2D eigenvalue weighted by Gasteiger charge is 2.22. The minimum atomic E-state index is -0.402. The molecule has 6 unspecified atom stereocenters. The molecule has 484 valence electrons. The van der Waals surface area contributed by atoms with E-state index in [0.29, 0.717) is 38.6 Å². The van der Waals surface area contributed by atoms with Gasteiger partial charge in [-0.2, -0.15) is 0 Å². The maximum atomic E-state index is 11.6. The smallest absolute Gasteiger partial charge is 0.0714 e. The summed E-state index contributed by atoms with van der Waals surface area (Å²) in [4.78, 5) is 12.0. The first-order valence-electron chi connectivity index (χ1n) is 36.3. The molecule has 0 radical (unpaired) electrons. The Bertz CT molecular complexity index is 1260. The van der Waals surface area contributed by atoms with Crippen molar-refractivity contribution in [1.82, 2.24) is 24.5 Å². The molecule has 0 aromatic carbocycles. The van der Waals surface area contributed by atoms with Gasteiger partial charge in [0.25, 0.3) is 0 Å². The molecule has 1 saturated heterocycles. The van der Waals surface area contributed by atoms with Crippen molar-refractivity contribution in [3.63, 3.8) is 0 Å². The predicted octanol–water partition coefficient (Wildman–Crippen LogP) is 16.7. The summed E-state index contributed by atoms with van der Waals surface area (Å²) >= 11 is 0. The van der Waals surface area contributed by atoms with Crippen molar-refractivity contribution in [3.05, 3.63) is 12.4 Å².